The number of fused-ring (bicyclic) bond motifs is 2. The van der Waals surface area contributed by atoms with Crippen LogP contribution >= 0.6 is 0 Å². The predicted octanol–water partition coefficient (Wildman–Crippen LogP) is 1.19. The first kappa shape index (κ1) is 12.8. The fourth-order valence-electron chi connectivity index (χ4n) is 2.39. The van der Waals surface area contributed by atoms with Crippen molar-refractivity contribution in [1.29, 1.82) is 0 Å². The van der Waals surface area contributed by atoms with Crippen molar-refractivity contribution in [3.05, 3.63) is 23.9 Å². The smallest absolute Gasteiger partial charge is 0.340 e. The number of rotatable bonds is 3. The van der Waals surface area contributed by atoms with Crippen LogP contribution < -0.4 is 9.47 Å². The lowest BCUT2D eigenvalue weighted by atomic mass is 10.1. The molecule has 20 heavy (non-hydrogen) atoms. The zero-order chi connectivity index (χ0) is 14.1. The number of esters is 1. The molecule has 0 spiro atoms. The molecule has 1 aliphatic rings. The molecule has 0 radical (unpaired) electrons. The summed E-state index contributed by atoms with van der Waals surface area (Å²) in [6.45, 7) is 1.37. The molecule has 2 heterocycles. The van der Waals surface area contributed by atoms with Crippen LogP contribution in [0.15, 0.2) is 18.3 Å². The highest BCUT2D eigenvalue weighted by atomic mass is 16.6. The van der Waals surface area contributed by atoms with Gasteiger partial charge in [0.05, 0.1) is 24.8 Å². The lowest BCUT2D eigenvalue weighted by molar-refractivity contribution is 0.0602. The van der Waals surface area contributed by atoms with E-state index in [0.29, 0.717) is 36.8 Å². The Kier molecular flexibility index (Phi) is 3.23. The molecule has 6 nitrogen and oxygen atoms in total. The van der Waals surface area contributed by atoms with E-state index in [-0.39, 0.29) is 6.61 Å². The van der Waals surface area contributed by atoms with Gasteiger partial charge in [-0.25, -0.2) is 4.79 Å². The molecule has 0 saturated carbocycles. The maximum atomic E-state index is 11.8. The molecule has 0 amide bonds. The number of nitrogens with zero attached hydrogens (tertiary/aromatic N) is 1. The molecule has 2 aromatic rings. The SMILES string of the molecule is COC(=O)c1cn(CCO)c2cc3c(cc12)OCCO3. The van der Waals surface area contributed by atoms with Crippen LogP contribution in [0.1, 0.15) is 10.4 Å². The first-order chi connectivity index (χ1) is 9.74. The number of aromatic nitrogens is 1. The first-order valence-corrected chi connectivity index (χ1v) is 6.36. The van der Waals surface area contributed by atoms with Crippen molar-refractivity contribution in [2.75, 3.05) is 26.9 Å². The van der Waals surface area contributed by atoms with Gasteiger partial charge in [-0.2, -0.15) is 0 Å². The third-order valence-corrected chi connectivity index (χ3v) is 3.29. The molecule has 1 aromatic carbocycles. The molecule has 0 aliphatic carbocycles. The molecule has 0 saturated heterocycles. The van der Waals surface area contributed by atoms with Gasteiger partial charge in [-0.15, -0.1) is 0 Å². The van der Waals surface area contributed by atoms with Gasteiger partial charge in [0.15, 0.2) is 11.5 Å². The Balaban J connectivity index is 2.22. The molecule has 6 heteroatoms. The zero-order valence-corrected chi connectivity index (χ0v) is 11.1. The van der Waals surface area contributed by atoms with Crippen LogP contribution in [-0.2, 0) is 11.3 Å². The van der Waals surface area contributed by atoms with Gasteiger partial charge in [0.2, 0.25) is 0 Å². The second-order valence-corrected chi connectivity index (χ2v) is 4.46. The van der Waals surface area contributed by atoms with Crippen molar-refractivity contribution in [1.82, 2.24) is 4.57 Å². The van der Waals surface area contributed by atoms with Crippen LogP contribution in [0.5, 0.6) is 11.5 Å². The molecule has 0 bridgehead atoms. The number of benzene rings is 1. The van der Waals surface area contributed by atoms with Crippen LogP contribution in [0.2, 0.25) is 0 Å². The Hall–Kier alpha value is -2.21. The monoisotopic (exact) mass is 277 g/mol. The highest BCUT2D eigenvalue weighted by Gasteiger charge is 2.20. The largest absolute Gasteiger partial charge is 0.486 e. The molecule has 0 unspecified atom stereocenters. The van der Waals surface area contributed by atoms with Crippen molar-refractivity contribution in [2.24, 2.45) is 0 Å². The average Bonchev–Trinajstić information content (AvgIpc) is 2.83. The lowest BCUT2D eigenvalue weighted by Crippen LogP contribution is -2.15. The van der Waals surface area contributed by atoms with E-state index in [1.165, 1.54) is 7.11 Å². The first-order valence-electron chi connectivity index (χ1n) is 6.36. The molecule has 0 atom stereocenters. The summed E-state index contributed by atoms with van der Waals surface area (Å²) >= 11 is 0. The van der Waals surface area contributed by atoms with E-state index < -0.39 is 5.97 Å². The van der Waals surface area contributed by atoms with Crippen LogP contribution in [0.25, 0.3) is 10.9 Å². The molecule has 1 N–H and O–H groups in total. The fraction of sp³-hybridized carbons (Fsp3) is 0.357. The number of hydrogen-bond donors (Lipinski definition) is 1. The van der Waals surface area contributed by atoms with Crippen molar-refractivity contribution in [2.45, 2.75) is 6.54 Å². The van der Waals surface area contributed by atoms with E-state index in [9.17, 15) is 4.79 Å². The van der Waals surface area contributed by atoms with Gasteiger partial charge in [-0.05, 0) is 6.07 Å². The van der Waals surface area contributed by atoms with Gasteiger partial charge in [0.1, 0.15) is 13.2 Å². The van der Waals surface area contributed by atoms with Crippen molar-refractivity contribution < 1.29 is 24.1 Å². The Morgan fingerprint density at radius 2 is 2.05 bits per heavy atom. The number of aliphatic hydroxyl groups excluding tert-OH is 1. The minimum absolute atomic E-state index is 0.0150. The quantitative estimate of drug-likeness (QED) is 0.853. The highest BCUT2D eigenvalue weighted by molar-refractivity contribution is 6.05. The summed E-state index contributed by atoms with van der Waals surface area (Å²) < 4.78 is 17.7. The van der Waals surface area contributed by atoms with E-state index in [0.717, 1.165) is 10.9 Å². The van der Waals surface area contributed by atoms with Gasteiger partial charge >= 0.3 is 5.97 Å². The topological polar surface area (TPSA) is 69.9 Å². The van der Waals surface area contributed by atoms with E-state index >= 15 is 0 Å². The summed E-state index contributed by atoms with van der Waals surface area (Å²) in [5.41, 5.74) is 1.26. The summed E-state index contributed by atoms with van der Waals surface area (Å²) in [5.74, 6) is 0.858. The number of ether oxygens (including phenoxy) is 3. The van der Waals surface area contributed by atoms with Crippen LogP contribution in [0.4, 0.5) is 0 Å². The highest BCUT2D eigenvalue weighted by Crippen LogP contribution is 2.36. The van der Waals surface area contributed by atoms with Crippen LogP contribution in [0.3, 0.4) is 0 Å². The number of hydrogen-bond acceptors (Lipinski definition) is 5. The maximum Gasteiger partial charge on any atom is 0.340 e. The van der Waals surface area contributed by atoms with Crippen LogP contribution in [-0.4, -0.2) is 42.6 Å². The average molecular weight is 277 g/mol. The van der Waals surface area contributed by atoms with Crippen molar-refractivity contribution >= 4 is 16.9 Å². The maximum absolute atomic E-state index is 11.8. The second-order valence-electron chi connectivity index (χ2n) is 4.46. The summed E-state index contributed by atoms with van der Waals surface area (Å²) in [5, 5.41) is 9.86. The Labute approximate surface area is 115 Å². The molecule has 3 rings (SSSR count). The third kappa shape index (κ3) is 1.98. The fourth-order valence-corrected chi connectivity index (χ4v) is 2.39. The number of methoxy groups -OCH3 is 1. The zero-order valence-electron chi connectivity index (χ0n) is 11.1. The van der Waals surface area contributed by atoms with Gasteiger partial charge in [-0.1, -0.05) is 0 Å². The van der Waals surface area contributed by atoms with Gasteiger partial charge in [0, 0.05) is 24.2 Å². The Morgan fingerprint density at radius 3 is 2.70 bits per heavy atom. The summed E-state index contributed by atoms with van der Waals surface area (Å²) in [6.07, 6.45) is 1.68. The van der Waals surface area contributed by atoms with Gasteiger partial charge in [-0.3, -0.25) is 0 Å². The number of carbonyl (C=O) groups excluding carboxylic acids is 1. The Morgan fingerprint density at radius 1 is 1.35 bits per heavy atom. The van der Waals surface area contributed by atoms with E-state index in [1.807, 2.05) is 6.07 Å². The minimum atomic E-state index is -0.414. The van der Waals surface area contributed by atoms with E-state index in [2.05, 4.69) is 0 Å². The molecule has 0 fully saturated rings. The molecular weight excluding hydrogens is 262 g/mol. The molecule has 106 valence electrons. The predicted molar refractivity (Wildman–Crippen MR) is 71.4 cm³/mol. The van der Waals surface area contributed by atoms with Crippen LogP contribution in [0, 0.1) is 0 Å². The number of carbonyl (C=O) groups is 1. The Bertz CT molecular complexity index is 661. The van der Waals surface area contributed by atoms with Gasteiger partial charge in [0.25, 0.3) is 0 Å². The minimum Gasteiger partial charge on any atom is -0.486 e. The third-order valence-electron chi connectivity index (χ3n) is 3.29. The number of aliphatic hydroxyl groups is 1. The summed E-state index contributed by atoms with van der Waals surface area (Å²) in [7, 11) is 1.34. The standard InChI is InChI=1S/C14H15NO5/c1-18-14(17)10-8-15(2-3-16)11-7-13-12(6-9(10)11)19-4-5-20-13/h6-8,16H,2-5H2,1H3. The molecule has 1 aromatic heterocycles. The summed E-state index contributed by atoms with van der Waals surface area (Å²) in [4.78, 5) is 11.8. The molecular formula is C14H15NO5. The van der Waals surface area contributed by atoms with Crippen molar-refractivity contribution in [3.63, 3.8) is 0 Å². The lowest BCUT2D eigenvalue weighted by Gasteiger charge is -2.18. The normalized spacial score (nSPS) is 13.5. The van der Waals surface area contributed by atoms with Gasteiger partial charge < -0.3 is 23.9 Å². The van der Waals surface area contributed by atoms with Crippen molar-refractivity contribution in [3.8, 4) is 11.5 Å². The summed E-state index contributed by atoms with van der Waals surface area (Å²) in [6, 6.07) is 3.61. The molecule has 1 aliphatic heterocycles. The second kappa shape index (κ2) is 5.05. The van der Waals surface area contributed by atoms with E-state index in [4.69, 9.17) is 19.3 Å². The van der Waals surface area contributed by atoms with E-state index in [1.54, 1.807) is 16.8 Å².